The number of rotatable bonds is 3. The molecule has 1 unspecified atom stereocenters. The van der Waals surface area contributed by atoms with E-state index in [1.54, 1.807) is 0 Å². The van der Waals surface area contributed by atoms with Crippen molar-refractivity contribution < 1.29 is 4.74 Å². The SMILES string of the molecule is CCn1c(CBr)nnc1C1CCOC1. The number of hydrogen-bond acceptors (Lipinski definition) is 3. The Labute approximate surface area is 91.8 Å². The second kappa shape index (κ2) is 4.40. The molecule has 1 aliphatic rings. The summed E-state index contributed by atoms with van der Waals surface area (Å²) in [7, 11) is 0. The van der Waals surface area contributed by atoms with E-state index < -0.39 is 0 Å². The summed E-state index contributed by atoms with van der Waals surface area (Å²) in [5, 5.41) is 9.17. The highest BCUT2D eigenvalue weighted by molar-refractivity contribution is 9.08. The van der Waals surface area contributed by atoms with Gasteiger partial charge in [0.05, 0.1) is 11.9 Å². The van der Waals surface area contributed by atoms with Crippen molar-refractivity contribution in [1.82, 2.24) is 14.8 Å². The standard InChI is InChI=1S/C9H14BrN3O/c1-2-13-8(5-10)11-12-9(13)7-3-4-14-6-7/h7H,2-6H2,1H3. The van der Waals surface area contributed by atoms with Crippen molar-refractivity contribution in [1.29, 1.82) is 0 Å². The van der Waals surface area contributed by atoms with E-state index in [-0.39, 0.29) is 0 Å². The normalized spacial score (nSPS) is 21.7. The van der Waals surface area contributed by atoms with Crippen LogP contribution in [0.3, 0.4) is 0 Å². The molecule has 0 aliphatic carbocycles. The van der Waals surface area contributed by atoms with Crippen LogP contribution in [-0.2, 0) is 16.6 Å². The van der Waals surface area contributed by atoms with Crippen LogP contribution in [0.15, 0.2) is 0 Å². The lowest BCUT2D eigenvalue weighted by molar-refractivity contribution is 0.192. The lowest BCUT2D eigenvalue weighted by Crippen LogP contribution is -2.10. The largest absolute Gasteiger partial charge is 0.381 e. The molecule has 1 aromatic heterocycles. The van der Waals surface area contributed by atoms with E-state index in [1.807, 2.05) is 0 Å². The van der Waals surface area contributed by atoms with E-state index in [4.69, 9.17) is 4.74 Å². The lowest BCUT2D eigenvalue weighted by Gasteiger charge is -2.09. The van der Waals surface area contributed by atoms with Crippen LogP contribution in [0.4, 0.5) is 0 Å². The van der Waals surface area contributed by atoms with Gasteiger partial charge in [-0.25, -0.2) is 0 Å². The van der Waals surface area contributed by atoms with Gasteiger partial charge in [-0.3, -0.25) is 0 Å². The smallest absolute Gasteiger partial charge is 0.143 e. The van der Waals surface area contributed by atoms with E-state index in [9.17, 15) is 0 Å². The first-order valence-corrected chi connectivity index (χ1v) is 6.04. The zero-order chi connectivity index (χ0) is 9.97. The molecule has 5 heteroatoms. The Bertz CT molecular complexity index is 307. The summed E-state index contributed by atoms with van der Waals surface area (Å²) in [6.45, 7) is 4.69. The number of alkyl halides is 1. The summed E-state index contributed by atoms with van der Waals surface area (Å²) in [6.07, 6.45) is 1.07. The maximum Gasteiger partial charge on any atom is 0.143 e. The third-order valence-electron chi connectivity index (χ3n) is 2.59. The highest BCUT2D eigenvalue weighted by atomic mass is 79.9. The first-order chi connectivity index (χ1) is 6.86. The minimum Gasteiger partial charge on any atom is -0.381 e. The molecule has 0 saturated carbocycles. The highest BCUT2D eigenvalue weighted by Crippen LogP contribution is 2.24. The van der Waals surface area contributed by atoms with E-state index in [0.717, 1.165) is 43.2 Å². The third-order valence-corrected chi connectivity index (χ3v) is 3.09. The summed E-state index contributed by atoms with van der Waals surface area (Å²) in [4.78, 5) is 0. The lowest BCUT2D eigenvalue weighted by atomic mass is 10.1. The predicted octanol–water partition coefficient (Wildman–Crippen LogP) is 1.70. The van der Waals surface area contributed by atoms with Crippen LogP contribution in [0.5, 0.6) is 0 Å². The molecule has 1 saturated heterocycles. The Balaban J connectivity index is 2.27. The van der Waals surface area contributed by atoms with E-state index in [1.165, 1.54) is 0 Å². The van der Waals surface area contributed by atoms with Gasteiger partial charge < -0.3 is 9.30 Å². The maximum atomic E-state index is 5.36. The molecule has 1 atom stereocenters. The second-order valence-electron chi connectivity index (χ2n) is 3.41. The van der Waals surface area contributed by atoms with Gasteiger partial charge in [-0.15, -0.1) is 10.2 Å². The van der Waals surface area contributed by atoms with Gasteiger partial charge in [0.2, 0.25) is 0 Å². The first-order valence-electron chi connectivity index (χ1n) is 4.92. The summed E-state index contributed by atoms with van der Waals surface area (Å²) in [6, 6.07) is 0. The molecule has 1 aromatic rings. The van der Waals surface area contributed by atoms with Crippen molar-refractivity contribution in [2.24, 2.45) is 0 Å². The number of ether oxygens (including phenoxy) is 1. The first kappa shape index (κ1) is 10.1. The van der Waals surface area contributed by atoms with E-state index in [2.05, 4.69) is 37.6 Å². The molecule has 78 valence electrons. The summed E-state index contributed by atoms with van der Waals surface area (Å²) >= 11 is 3.42. The molecule has 14 heavy (non-hydrogen) atoms. The Morgan fingerprint density at radius 1 is 1.57 bits per heavy atom. The van der Waals surface area contributed by atoms with Gasteiger partial charge in [-0.05, 0) is 13.3 Å². The Morgan fingerprint density at radius 3 is 3.00 bits per heavy atom. The van der Waals surface area contributed by atoms with Gasteiger partial charge in [-0.1, -0.05) is 15.9 Å². The maximum absolute atomic E-state index is 5.36. The van der Waals surface area contributed by atoms with Gasteiger partial charge in [0.1, 0.15) is 11.6 Å². The number of halogens is 1. The quantitative estimate of drug-likeness (QED) is 0.776. The summed E-state index contributed by atoms with van der Waals surface area (Å²) in [5.74, 6) is 2.53. The Morgan fingerprint density at radius 2 is 2.43 bits per heavy atom. The number of aromatic nitrogens is 3. The molecule has 2 rings (SSSR count). The van der Waals surface area contributed by atoms with Gasteiger partial charge in [0.15, 0.2) is 0 Å². The zero-order valence-corrected chi connectivity index (χ0v) is 9.83. The molecule has 0 radical (unpaired) electrons. The molecule has 0 amide bonds. The molecule has 4 nitrogen and oxygen atoms in total. The van der Waals surface area contributed by atoms with Crippen LogP contribution in [0, 0.1) is 0 Å². The molecule has 0 spiro atoms. The number of hydrogen-bond donors (Lipinski definition) is 0. The average molecular weight is 260 g/mol. The van der Waals surface area contributed by atoms with Crippen molar-refractivity contribution in [3.05, 3.63) is 11.6 Å². The third kappa shape index (κ3) is 1.70. The Hall–Kier alpha value is -0.420. The predicted molar refractivity (Wildman–Crippen MR) is 56.5 cm³/mol. The van der Waals surface area contributed by atoms with Crippen LogP contribution >= 0.6 is 15.9 Å². The monoisotopic (exact) mass is 259 g/mol. The van der Waals surface area contributed by atoms with Crippen LogP contribution in [0.1, 0.15) is 30.9 Å². The van der Waals surface area contributed by atoms with Crippen LogP contribution in [0.2, 0.25) is 0 Å². The van der Waals surface area contributed by atoms with Crippen LogP contribution < -0.4 is 0 Å². The zero-order valence-electron chi connectivity index (χ0n) is 8.24. The fraction of sp³-hybridized carbons (Fsp3) is 0.778. The fourth-order valence-electron chi connectivity index (χ4n) is 1.83. The molecule has 0 bridgehead atoms. The van der Waals surface area contributed by atoms with E-state index >= 15 is 0 Å². The van der Waals surface area contributed by atoms with Crippen molar-refractivity contribution in [2.75, 3.05) is 13.2 Å². The fourth-order valence-corrected chi connectivity index (χ4v) is 2.25. The van der Waals surface area contributed by atoms with Crippen molar-refractivity contribution >= 4 is 15.9 Å². The van der Waals surface area contributed by atoms with E-state index in [0.29, 0.717) is 5.92 Å². The average Bonchev–Trinajstić information content (AvgIpc) is 2.85. The molecule has 1 aliphatic heterocycles. The minimum absolute atomic E-state index is 0.440. The molecule has 1 fully saturated rings. The Kier molecular flexibility index (Phi) is 3.18. The molecule has 2 heterocycles. The van der Waals surface area contributed by atoms with Gasteiger partial charge >= 0.3 is 0 Å². The number of nitrogens with zero attached hydrogens (tertiary/aromatic N) is 3. The topological polar surface area (TPSA) is 39.9 Å². The second-order valence-corrected chi connectivity index (χ2v) is 3.97. The van der Waals surface area contributed by atoms with Gasteiger partial charge in [0.25, 0.3) is 0 Å². The van der Waals surface area contributed by atoms with Crippen molar-refractivity contribution in [2.45, 2.75) is 31.1 Å². The molecular formula is C9H14BrN3O. The van der Waals surface area contributed by atoms with Crippen molar-refractivity contribution in [3.63, 3.8) is 0 Å². The summed E-state index contributed by atoms with van der Waals surface area (Å²) < 4.78 is 7.54. The van der Waals surface area contributed by atoms with Crippen LogP contribution in [-0.4, -0.2) is 28.0 Å². The van der Waals surface area contributed by atoms with Crippen molar-refractivity contribution in [3.8, 4) is 0 Å². The summed E-state index contributed by atoms with van der Waals surface area (Å²) in [5.41, 5.74) is 0. The molecule has 0 aromatic carbocycles. The highest BCUT2D eigenvalue weighted by Gasteiger charge is 2.24. The molecule has 0 N–H and O–H groups in total. The van der Waals surface area contributed by atoms with Gasteiger partial charge in [0, 0.05) is 19.1 Å². The van der Waals surface area contributed by atoms with Crippen LogP contribution in [0.25, 0.3) is 0 Å². The minimum atomic E-state index is 0.440. The molecular weight excluding hydrogens is 246 g/mol. The van der Waals surface area contributed by atoms with Gasteiger partial charge in [-0.2, -0.15) is 0 Å².